The van der Waals surface area contributed by atoms with Gasteiger partial charge in [0.15, 0.2) is 0 Å². The van der Waals surface area contributed by atoms with E-state index in [2.05, 4.69) is 15.8 Å². The van der Waals surface area contributed by atoms with E-state index in [1.807, 2.05) is 4.57 Å². The second-order valence-electron chi connectivity index (χ2n) is 9.92. The summed E-state index contributed by atoms with van der Waals surface area (Å²) in [5.41, 5.74) is 2.59. The van der Waals surface area contributed by atoms with Crippen molar-refractivity contribution in [3.05, 3.63) is 48.2 Å². The highest BCUT2D eigenvalue weighted by Gasteiger charge is 2.42. The van der Waals surface area contributed by atoms with Crippen LogP contribution in [0.25, 0.3) is 22.3 Å². The third-order valence-electron chi connectivity index (χ3n) is 6.62. The van der Waals surface area contributed by atoms with Crippen molar-refractivity contribution in [3.63, 3.8) is 0 Å². The number of nitrogens with one attached hydrogen (secondary N) is 1. The summed E-state index contributed by atoms with van der Waals surface area (Å²) in [7, 11) is -3.61. The third kappa shape index (κ3) is 4.74. The molecule has 0 spiro atoms. The fourth-order valence-corrected chi connectivity index (χ4v) is 5.31. The molecule has 0 amide bonds. The minimum Gasteiger partial charge on any atom is -0.321 e. The monoisotopic (exact) mass is 504 g/mol. The van der Waals surface area contributed by atoms with Crippen LogP contribution in [0.5, 0.6) is 0 Å². The van der Waals surface area contributed by atoms with Gasteiger partial charge in [-0.2, -0.15) is 18.4 Å². The SMILES string of the molecule is CC(C)(C)S(=O)(=O)Nc1ccc(-c2c(C#N)c3cccnc3n2C2CCC(C(F)(F)F)CC2)cc1. The van der Waals surface area contributed by atoms with Crippen molar-refractivity contribution in [2.45, 2.75) is 63.4 Å². The molecule has 3 aromatic rings. The Kier molecular flexibility index (Phi) is 6.34. The average Bonchev–Trinajstić information content (AvgIpc) is 3.12. The molecule has 2 aromatic heterocycles. The van der Waals surface area contributed by atoms with Crippen molar-refractivity contribution < 1.29 is 21.6 Å². The molecule has 1 saturated carbocycles. The molecule has 0 radical (unpaired) electrons. The Labute approximate surface area is 202 Å². The molecule has 1 aromatic carbocycles. The van der Waals surface area contributed by atoms with Crippen molar-refractivity contribution >= 4 is 26.7 Å². The summed E-state index contributed by atoms with van der Waals surface area (Å²) in [5.74, 6) is -1.32. The first-order chi connectivity index (χ1) is 16.3. The standard InChI is InChI=1S/C25H27F3N4O2S/c1-24(2,3)35(33,34)31-18-10-6-16(7-11-18)22-21(15-29)20-5-4-14-30-23(20)32(22)19-12-8-17(9-13-19)25(26,27)28/h4-7,10-11,14,17,19,31H,8-9,12-13H2,1-3H3. The first kappa shape index (κ1) is 25.0. The largest absolute Gasteiger partial charge is 0.391 e. The number of nitriles is 1. The number of nitrogens with zero attached hydrogens (tertiary/aromatic N) is 3. The maximum Gasteiger partial charge on any atom is 0.391 e. The van der Waals surface area contributed by atoms with Gasteiger partial charge in [-0.25, -0.2) is 13.4 Å². The number of halogens is 3. The average molecular weight is 505 g/mol. The molecule has 0 atom stereocenters. The van der Waals surface area contributed by atoms with Crippen LogP contribution < -0.4 is 4.72 Å². The fourth-order valence-electron chi connectivity index (χ4n) is 4.56. The molecule has 6 nitrogen and oxygen atoms in total. The molecule has 0 saturated heterocycles. The van der Waals surface area contributed by atoms with Crippen molar-refractivity contribution in [3.8, 4) is 17.3 Å². The van der Waals surface area contributed by atoms with Crippen molar-refractivity contribution in [2.24, 2.45) is 5.92 Å². The molecule has 2 heterocycles. The lowest BCUT2D eigenvalue weighted by molar-refractivity contribution is -0.183. The highest BCUT2D eigenvalue weighted by atomic mass is 32.2. The van der Waals surface area contributed by atoms with Crippen LogP contribution in [-0.4, -0.2) is 28.9 Å². The van der Waals surface area contributed by atoms with Crippen LogP contribution >= 0.6 is 0 Å². The molecule has 1 aliphatic rings. The molecule has 35 heavy (non-hydrogen) atoms. The number of pyridine rings is 1. The molecule has 1 fully saturated rings. The number of sulfonamides is 1. The zero-order chi connectivity index (χ0) is 25.6. The minimum absolute atomic E-state index is 0.0233. The van der Waals surface area contributed by atoms with E-state index in [9.17, 15) is 26.9 Å². The first-order valence-corrected chi connectivity index (χ1v) is 12.9. The van der Waals surface area contributed by atoms with Gasteiger partial charge >= 0.3 is 6.18 Å². The maximum atomic E-state index is 13.2. The minimum atomic E-state index is -4.21. The van der Waals surface area contributed by atoms with Crippen molar-refractivity contribution in [2.75, 3.05) is 4.72 Å². The second kappa shape index (κ2) is 8.86. The molecule has 186 valence electrons. The van der Waals surface area contributed by atoms with Crippen LogP contribution in [0.4, 0.5) is 18.9 Å². The van der Waals surface area contributed by atoms with Gasteiger partial charge in [0.2, 0.25) is 10.0 Å². The zero-order valence-corrected chi connectivity index (χ0v) is 20.5. The Morgan fingerprint density at radius 2 is 1.69 bits per heavy atom. The van der Waals surface area contributed by atoms with Crippen LogP contribution in [-0.2, 0) is 10.0 Å². The first-order valence-electron chi connectivity index (χ1n) is 11.4. The predicted octanol–water partition coefficient (Wildman–Crippen LogP) is 6.41. The Hall–Kier alpha value is -3.06. The lowest BCUT2D eigenvalue weighted by atomic mass is 9.85. The molecule has 10 heteroatoms. The predicted molar refractivity (Wildman–Crippen MR) is 129 cm³/mol. The van der Waals surface area contributed by atoms with Crippen LogP contribution in [0, 0.1) is 17.2 Å². The molecular formula is C25H27F3N4O2S. The van der Waals surface area contributed by atoms with E-state index in [-0.39, 0.29) is 18.9 Å². The number of aromatic nitrogens is 2. The summed E-state index contributed by atoms with van der Waals surface area (Å²) in [6.07, 6.45) is -1.91. The Morgan fingerprint density at radius 1 is 1.06 bits per heavy atom. The highest BCUT2D eigenvalue weighted by Crippen LogP contribution is 2.45. The normalized spacial score (nSPS) is 19.5. The summed E-state index contributed by atoms with van der Waals surface area (Å²) < 4.78 is 68.2. The molecule has 0 aliphatic heterocycles. The van der Waals surface area contributed by atoms with Crippen molar-refractivity contribution in [1.29, 1.82) is 5.26 Å². The number of benzene rings is 1. The van der Waals surface area contributed by atoms with Gasteiger partial charge < -0.3 is 4.57 Å². The lowest BCUT2D eigenvalue weighted by Crippen LogP contribution is -2.33. The Bertz CT molecular complexity index is 1370. The van der Waals surface area contributed by atoms with E-state index in [1.54, 1.807) is 63.4 Å². The molecule has 1 aliphatic carbocycles. The fraction of sp³-hybridized carbons (Fsp3) is 0.440. The summed E-state index contributed by atoms with van der Waals surface area (Å²) in [6, 6.07) is 12.2. The van der Waals surface area contributed by atoms with Gasteiger partial charge in [-0.05, 0) is 76.3 Å². The number of rotatable bonds is 4. The van der Waals surface area contributed by atoms with E-state index >= 15 is 0 Å². The summed E-state index contributed by atoms with van der Waals surface area (Å²) >= 11 is 0. The summed E-state index contributed by atoms with van der Waals surface area (Å²) in [6.45, 7) is 4.80. The Morgan fingerprint density at radius 3 is 2.23 bits per heavy atom. The van der Waals surface area contributed by atoms with Crippen LogP contribution in [0.2, 0.25) is 0 Å². The number of fused-ring (bicyclic) bond motifs is 1. The number of hydrogen-bond acceptors (Lipinski definition) is 4. The maximum absolute atomic E-state index is 13.2. The highest BCUT2D eigenvalue weighted by molar-refractivity contribution is 7.94. The van der Waals surface area contributed by atoms with Gasteiger partial charge in [0.1, 0.15) is 11.7 Å². The van der Waals surface area contributed by atoms with Crippen LogP contribution in [0.1, 0.15) is 58.1 Å². The number of hydrogen-bond donors (Lipinski definition) is 1. The van der Waals surface area contributed by atoms with Gasteiger partial charge in [-0.3, -0.25) is 4.72 Å². The van der Waals surface area contributed by atoms with E-state index in [4.69, 9.17) is 0 Å². The molecule has 4 rings (SSSR count). The van der Waals surface area contributed by atoms with Crippen molar-refractivity contribution in [1.82, 2.24) is 9.55 Å². The lowest BCUT2D eigenvalue weighted by Gasteiger charge is -2.32. The third-order valence-corrected chi connectivity index (χ3v) is 8.73. The molecule has 0 bridgehead atoms. The number of anilines is 1. The van der Waals surface area contributed by atoms with Crippen LogP contribution in [0.15, 0.2) is 42.6 Å². The van der Waals surface area contributed by atoms with Crippen LogP contribution in [0.3, 0.4) is 0 Å². The summed E-state index contributed by atoms with van der Waals surface area (Å²) in [5, 5.41) is 10.6. The smallest absolute Gasteiger partial charge is 0.321 e. The van der Waals surface area contributed by atoms with Gasteiger partial charge in [0.05, 0.1) is 21.9 Å². The molecular weight excluding hydrogens is 477 g/mol. The topological polar surface area (TPSA) is 87.8 Å². The number of alkyl halides is 3. The van der Waals surface area contributed by atoms with Gasteiger partial charge in [-0.1, -0.05) is 12.1 Å². The van der Waals surface area contributed by atoms with E-state index in [0.717, 1.165) is 0 Å². The summed E-state index contributed by atoms with van der Waals surface area (Å²) in [4.78, 5) is 4.47. The molecule has 1 N–H and O–H groups in total. The van der Waals surface area contributed by atoms with Gasteiger partial charge in [0, 0.05) is 23.3 Å². The van der Waals surface area contributed by atoms with E-state index < -0.39 is 26.9 Å². The second-order valence-corrected chi connectivity index (χ2v) is 12.4. The van der Waals surface area contributed by atoms with Gasteiger partial charge in [0.25, 0.3) is 0 Å². The van der Waals surface area contributed by atoms with E-state index in [0.29, 0.717) is 46.4 Å². The quantitative estimate of drug-likeness (QED) is 0.445. The molecule has 0 unspecified atom stereocenters. The Balaban J connectivity index is 1.76. The van der Waals surface area contributed by atoms with E-state index in [1.165, 1.54) is 0 Å². The zero-order valence-electron chi connectivity index (χ0n) is 19.7. The van der Waals surface area contributed by atoms with Gasteiger partial charge in [-0.15, -0.1) is 0 Å².